The summed E-state index contributed by atoms with van der Waals surface area (Å²) < 4.78 is 2.32. The monoisotopic (exact) mass is 570 g/mol. The fourth-order valence-electron chi connectivity index (χ4n) is 5.87. The largest absolute Gasteiger partial charge is 0.0622 e. The standard InChI is InChI=1S/C14H14.C13H9.C11H12P.Ti/c1-3-7-13(8-4-1)11-12-14-9-5-2-6-10-14;1-3-7-12-10(5-1)9-11-6-2-4-8-13(11)12;1-12(2)11-7-9-5-3-4-6-10(9)8-11;/h1-10H,11-12H2;1-5,7-8H,9H2;3-8H,1-2H3;. The van der Waals surface area contributed by atoms with Gasteiger partial charge < -0.3 is 0 Å². The molecule has 40 heavy (non-hydrogen) atoms. The molecule has 0 radical (unpaired) electrons. The Bertz CT molecular complexity index is 1580. The van der Waals surface area contributed by atoms with E-state index in [0.29, 0.717) is 4.22 Å². The van der Waals surface area contributed by atoms with E-state index in [2.05, 4.69) is 147 Å². The van der Waals surface area contributed by atoms with Crippen molar-refractivity contribution in [2.24, 2.45) is 0 Å². The summed E-state index contributed by atoms with van der Waals surface area (Å²) in [5.41, 5.74) is 11.9. The number of fused-ring (bicyclic) bond motifs is 4. The number of rotatable bonds is 6. The minimum atomic E-state index is -0.268. The van der Waals surface area contributed by atoms with Gasteiger partial charge in [-0.1, -0.05) is 60.7 Å². The van der Waals surface area contributed by atoms with Crippen LogP contribution in [0.3, 0.4) is 0 Å². The first-order valence-electron chi connectivity index (χ1n) is 14.2. The molecule has 0 aliphatic heterocycles. The van der Waals surface area contributed by atoms with Crippen LogP contribution in [0.1, 0.15) is 37.6 Å². The van der Waals surface area contributed by atoms with Gasteiger partial charge in [0, 0.05) is 0 Å². The Balaban J connectivity index is 0.000000175. The summed E-state index contributed by atoms with van der Waals surface area (Å²) in [7, 11) is -0.0436. The van der Waals surface area contributed by atoms with Gasteiger partial charge in [-0.25, -0.2) is 0 Å². The number of aryl methyl sites for hydroxylation is 2. The van der Waals surface area contributed by atoms with Gasteiger partial charge in [0.25, 0.3) is 0 Å². The summed E-state index contributed by atoms with van der Waals surface area (Å²) >= 11 is -0.268. The Labute approximate surface area is 249 Å². The van der Waals surface area contributed by atoms with Crippen LogP contribution in [0.4, 0.5) is 0 Å². The maximum Gasteiger partial charge on any atom is -0.0238 e. The molecule has 5 aromatic carbocycles. The van der Waals surface area contributed by atoms with Crippen LogP contribution in [-0.2, 0) is 38.4 Å². The van der Waals surface area contributed by atoms with Crippen molar-refractivity contribution in [3.8, 4) is 11.1 Å². The predicted molar refractivity (Wildman–Crippen MR) is 171 cm³/mol. The molecule has 2 heteroatoms. The van der Waals surface area contributed by atoms with Gasteiger partial charge in [-0.05, 0) is 24.0 Å². The maximum absolute atomic E-state index is 2.49. The third-order valence-electron chi connectivity index (χ3n) is 7.96. The minimum Gasteiger partial charge on any atom is -0.0622 e. The average Bonchev–Trinajstić information content (AvgIpc) is 3.57. The van der Waals surface area contributed by atoms with Gasteiger partial charge in [0.1, 0.15) is 0 Å². The molecule has 2 aliphatic rings. The quantitative estimate of drug-likeness (QED) is 0.138. The Morgan fingerprint density at radius 2 is 1.23 bits per heavy atom. The maximum atomic E-state index is 2.49. The topological polar surface area (TPSA) is 0 Å². The second-order valence-electron chi connectivity index (χ2n) is 10.8. The first kappa shape index (κ1) is 27.2. The zero-order valence-electron chi connectivity index (χ0n) is 23.3. The van der Waals surface area contributed by atoms with Gasteiger partial charge in [-0.2, -0.15) is 0 Å². The van der Waals surface area contributed by atoms with Crippen molar-refractivity contribution >= 4 is 17.9 Å². The van der Waals surface area contributed by atoms with Gasteiger partial charge in [0.05, 0.1) is 0 Å². The summed E-state index contributed by atoms with van der Waals surface area (Å²) in [6, 6.07) is 46.3. The number of benzene rings is 5. The normalized spacial score (nSPS) is 14.5. The zero-order chi connectivity index (χ0) is 27.3. The summed E-state index contributed by atoms with van der Waals surface area (Å²) in [5.74, 6) is 0. The molecule has 0 saturated carbocycles. The molecular weight excluding hydrogens is 535 g/mol. The van der Waals surface area contributed by atoms with E-state index in [1.165, 1.54) is 33.4 Å². The molecule has 0 fully saturated rings. The fraction of sp³-hybridized carbons (Fsp3) is 0.158. The van der Waals surface area contributed by atoms with Crippen molar-refractivity contribution in [2.45, 2.75) is 23.5 Å². The van der Waals surface area contributed by atoms with Crippen LogP contribution in [-0.4, -0.2) is 13.3 Å². The van der Waals surface area contributed by atoms with Gasteiger partial charge in [0.15, 0.2) is 0 Å². The number of hydrogen-bond acceptors (Lipinski definition) is 0. The van der Waals surface area contributed by atoms with E-state index in [1.54, 1.807) is 20.3 Å². The van der Waals surface area contributed by atoms with Crippen molar-refractivity contribution in [3.63, 3.8) is 0 Å². The Kier molecular flexibility index (Phi) is 8.60. The van der Waals surface area contributed by atoms with E-state index >= 15 is 0 Å². The third-order valence-corrected chi connectivity index (χ3v) is 12.4. The summed E-state index contributed by atoms with van der Waals surface area (Å²) in [6.45, 7) is 4.83. The molecule has 1 unspecified atom stereocenters. The van der Waals surface area contributed by atoms with E-state index in [0.717, 1.165) is 19.3 Å². The zero-order valence-corrected chi connectivity index (χ0v) is 25.8. The summed E-state index contributed by atoms with van der Waals surface area (Å²) in [4.78, 5) is 0. The molecule has 0 nitrogen and oxygen atoms in total. The van der Waals surface area contributed by atoms with E-state index < -0.39 is 0 Å². The van der Waals surface area contributed by atoms with Gasteiger partial charge in [-0.15, -0.1) is 0 Å². The number of allylic oxidation sites excluding steroid dienone is 1. The van der Waals surface area contributed by atoms with Crippen LogP contribution in [0.5, 0.6) is 0 Å². The van der Waals surface area contributed by atoms with Crippen molar-refractivity contribution < 1.29 is 19.2 Å². The van der Waals surface area contributed by atoms with Crippen molar-refractivity contribution in [2.75, 3.05) is 13.3 Å². The minimum absolute atomic E-state index is 0.0436. The second kappa shape index (κ2) is 12.7. The van der Waals surface area contributed by atoms with E-state index in [-0.39, 0.29) is 27.1 Å². The molecule has 0 aromatic heterocycles. The van der Waals surface area contributed by atoms with Crippen molar-refractivity contribution in [1.29, 1.82) is 0 Å². The van der Waals surface area contributed by atoms with Gasteiger partial charge in [-0.3, -0.25) is 0 Å². The first-order chi connectivity index (χ1) is 19.7. The fourth-order valence-corrected chi connectivity index (χ4v) is 10.8. The van der Waals surface area contributed by atoms with Crippen molar-refractivity contribution in [1.82, 2.24) is 0 Å². The molecule has 1 atom stereocenters. The van der Waals surface area contributed by atoms with Gasteiger partial charge in [0.2, 0.25) is 0 Å². The van der Waals surface area contributed by atoms with E-state index in [9.17, 15) is 0 Å². The van der Waals surface area contributed by atoms with Crippen LogP contribution in [0.2, 0.25) is 0 Å². The van der Waals surface area contributed by atoms with Crippen LogP contribution < -0.4 is 3.87 Å². The summed E-state index contributed by atoms with van der Waals surface area (Å²) in [6.07, 6.45) is 5.87. The smallest absolute Gasteiger partial charge is 0.0238 e. The molecule has 196 valence electrons. The molecular formula is C38H35PTi. The molecule has 2 aliphatic carbocycles. The molecule has 0 N–H and O–H groups in total. The molecule has 0 saturated heterocycles. The first-order valence-corrected chi connectivity index (χ1v) is 18.1. The Morgan fingerprint density at radius 1 is 0.625 bits per heavy atom. The van der Waals surface area contributed by atoms with Crippen molar-refractivity contribution in [3.05, 3.63) is 166 Å². The second-order valence-corrected chi connectivity index (χ2v) is 15.3. The molecule has 0 spiro atoms. The number of hydrogen-bond donors (Lipinski definition) is 0. The Hall–Kier alpha value is -3.02. The molecule has 0 heterocycles. The average molecular weight is 571 g/mol. The molecule has 7 rings (SSSR count). The van der Waals surface area contributed by atoms with Gasteiger partial charge >= 0.3 is 166 Å². The van der Waals surface area contributed by atoms with E-state index in [4.69, 9.17) is 0 Å². The SMILES string of the molecule is CP(C)C1=Cc2ccccc2[CH]1[Ti][c]1cccc2c1Cc1ccccc1-2.c1ccc(CCc2ccccc2)cc1. The van der Waals surface area contributed by atoms with Crippen LogP contribution in [0, 0.1) is 0 Å². The van der Waals surface area contributed by atoms with Crippen LogP contribution >= 0.6 is 7.92 Å². The van der Waals surface area contributed by atoms with Crippen LogP contribution in [0.25, 0.3) is 17.2 Å². The third kappa shape index (κ3) is 6.01. The molecule has 0 bridgehead atoms. The summed E-state index contributed by atoms with van der Waals surface area (Å²) in [5, 5.41) is 1.70. The van der Waals surface area contributed by atoms with E-state index in [1.807, 2.05) is 0 Å². The predicted octanol–water partition coefficient (Wildman–Crippen LogP) is 9.27. The van der Waals surface area contributed by atoms with Crippen LogP contribution in [0.15, 0.2) is 133 Å². The molecule has 5 aromatic rings. The molecule has 0 amide bonds. The Morgan fingerprint density at radius 3 is 1.93 bits per heavy atom.